The number of anilines is 1. The van der Waals surface area contributed by atoms with Gasteiger partial charge in [-0.3, -0.25) is 0 Å². The van der Waals surface area contributed by atoms with Gasteiger partial charge < -0.3 is 4.90 Å². The van der Waals surface area contributed by atoms with Gasteiger partial charge in [0.1, 0.15) is 0 Å². The zero-order valence-electron chi connectivity index (χ0n) is 16.2. The fourth-order valence-electron chi connectivity index (χ4n) is 3.73. The Hall–Kier alpha value is -1.70. The third-order valence-corrected chi connectivity index (χ3v) is 9.06. The van der Waals surface area contributed by atoms with Crippen LogP contribution >= 0.6 is 27.3 Å². The second-order valence-electron chi connectivity index (χ2n) is 7.47. The van der Waals surface area contributed by atoms with Crippen molar-refractivity contribution in [1.82, 2.24) is 4.98 Å². The molecule has 0 amide bonds. The summed E-state index contributed by atoms with van der Waals surface area (Å²) in [5, 5.41) is 2.78. The van der Waals surface area contributed by atoms with Crippen molar-refractivity contribution in [3.63, 3.8) is 0 Å². The van der Waals surface area contributed by atoms with E-state index in [1.165, 1.54) is 11.1 Å². The third-order valence-electron chi connectivity index (χ3n) is 5.30. The van der Waals surface area contributed by atoms with Gasteiger partial charge in [-0.25, -0.2) is 13.4 Å². The van der Waals surface area contributed by atoms with E-state index in [0.717, 1.165) is 34.8 Å². The lowest BCUT2D eigenvalue weighted by atomic mass is 10.1. The van der Waals surface area contributed by atoms with Crippen molar-refractivity contribution in [2.75, 3.05) is 18.0 Å². The Labute approximate surface area is 184 Å². The molecular formula is C22H23BrN2O2S2. The Morgan fingerprint density at radius 2 is 1.86 bits per heavy atom. The largest absolute Gasteiger partial charge is 0.348 e. The van der Waals surface area contributed by atoms with Crippen molar-refractivity contribution in [2.45, 2.75) is 36.3 Å². The van der Waals surface area contributed by atoms with Crippen LogP contribution in [0.2, 0.25) is 0 Å². The van der Waals surface area contributed by atoms with Crippen molar-refractivity contribution >= 4 is 42.2 Å². The van der Waals surface area contributed by atoms with E-state index in [9.17, 15) is 8.42 Å². The molecule has 0 N–H and O–H groups in total. The maximum Gasteiger partial charge on any atom is 0.185 e. The zero-order valence-corrected chi connectivity index (χ0v) is 19.4. The summed E-state index contributed by atoms with van der Waals surface area (Å²) in [6.07, 6.45) is 2.09. The van der Waals surface area contributed by atoms with E-state index in [1.54, 1.807) is 35.6 Å². The van der Waals surface area contributed by atoms with Crippen LogP contribution in [-0.2, 0) is 16.3 Å². The smallest absolute Gasteiger partial charge is 0.185 e. The average molecular weight is 491 g/mol. The molecule has 0 unspecified atom stereocenters. The molecule has 2 aromatic carbocycles. The Bertz CT molecular complexity index is 1090. The number of hydrogen-bond acceptors (Lipinski definition) is 5. The lowest BCUT2D eigenvalue weighted by Crippen LogP contribution is -2.39. The molecule has 4 nitrogen and oxygen atoms in total. The lowest BCUT2D eigenvalue weighted by Gasteiger charge is -2.31. The molecule has 0 radical (unpaired) electrons. The molecule has 1 fully saturated rings. The molecule has 0 saturated carbocycles. The molecule has 1 saturated heterocycles. The first kappa shape index (κ1) is 20.6. The van der Waals surface area contributed by atoms with E-state index in [2.05, 4.69) is 57.4 Å². The molecule has 29 heavy (non-hydrogen) atoms. The van der Waals surface area contributed by atoms with E-state index >= 15 is 0 Å². The molecule has 7 heteroatoms. The Kier molecular flexibility index (Phi) is 6.08. The van der Waals surface area contributed by atoms with Gasteiger partial charge >= 0.3 is 0 Å². The standard InChI is InChI=1S/C22H23BrN2O2S2/c1-16-3-2-4-17(13-16)14-19-15-28-22(24-19)25-11-9-21(10-12-25)29(26,27)20-7-5-18(23)6-8-20/h2-8,13,15,21H,9-12,14H2,1H3. The van der Waals surface area contributed by atoms with Crippen molar-refractivity contribution < 1.29 is 8.42 Å². The highest BCUT2D eigenvalue weighted by Crippen LogP contribution is 2.30. The minimum absolute atomic E-state index is 0.327. The summed E-state index contributed by atoms with van der Waals surface area (Å²) in [4.78, 5) is 7.43. The van der Waals surface area contributed by atoms with E-state index in [-0.39, 0.29) is 5.25 Å². The summed E-state index contributed by atoms with van der Waals surface area (Å²) in [7, 11) is -3.29. The monoisotopic (exact) mass is 490 g/mol. The number of aromatic nitrogens is 1. The van der Waals surface area contributed by atoms with Gasteiger partial charge in [-0.2, -0.15) is 0 Å². The van der Waals surface area contributed by atoms with Crippen LogP contribution in [0.25, 0.3) is 0 Å². The molecule has 0 spiro atoms. The summed E-state index contributed by atoms with van der Waals surface area (Å²) in [5.74, 6) is 0. The highest BCUT2D eigenvalue weighted by molar-refractivity contribution is 9.10. The molecule has 0 atom stereocenters. The maximum absolute atomic E-state index is 12.9. The number of sulfone groups is 1. The summed E-state index contributed by atoms with van der Waals surface area (Å²) in [5.41, 5.74) is 3.59. The molecule has 152 valence electrons. The number of thiazole rings is 1. The molecule has 0 bridgehead atoms. The maximum atomic E-state index is 12.9. The minimum atomic E-state index is -3.29. The van der Waals surface area contributed by atoms with Crippen molar-refractivity contribution in [2.24, 2.45) is 0 Å². The predicted octanol–water partition coefficient (Wildman–Crippen LogP) is 5.25. The molecule has 2 heterocycles. The molecule has 1 aromatic heterocycles. The van der Waals surface area contributed by atoms with E-state index in [0.29, 0.717) is 17.7 Å². The van der Waals surface area contributed by atoms with Gasteiger partial charge in [0.25, 0.3) is 0 Å². The van der Waals surface area contributed by atoms with Gasteiger partial charge in [0.15, 0.2) is 15.0 Å². The molecule has 1 aliphatic heterocycles. The number of nitrogens with zero attached hydrogens (tertiary/aromatic N) is 2. The first-order valence-corrected chi connectivity index (χ1v) is 12.9. The van der Waals surface area contributed by atoms with Crippen molar-refractivity contribution in [3.05, 3.63) is 75.2 Å². The second-order valence-corrected chi connectivity index (χ2v) is 11.5. The van der Waals surface area contributed by atoms with Gasteiger partial charge in [-0.1, -0.05) is 45.8 Å². The van der Waals surface area contributed by atoms with Crippen LogP contribution in [0.1, 0.15) is 29.7 Å². The van der Waals surface area contributed by atoms with Crippen molar-refractivity contribution in [3.8, 4) is 0 Å². The number of rotatable bonds is 5. The van der Waals surface area contributed by atoms with Crippen LogP contribution in [0.4, 0.5) is 5.13 Å². The third kappa shape index (κ3) is 4.73. The number of aryl methyl sites for hydroxylation is 1. The Morgan fingerprint density at radius 1 is 1.14 bits per heavy atom. The van der Waals surface area contributed by atoms with E-state index in [1.807, 2.05) is 0 Å². The SMILES string of the molecule is Cc1cccc(Cc2csc(N3CCC(S(=O)(=O)c4ccc(Br)cc4)CC3)n2)c1. The van der Waals surface area contributed by atoms with Crippen LogP contribution in [0.5, 0.6) is 0 Å². The van der Waals surface area contributed by atoms with Gasteiger partial charge in [0.2, 0.25) is 0 Å². The fraction of sp³-hybridized carbons (Fsp3) is 0.318. The van der Waals surface area contributed by atoms with Crippen LogP contribution in [-0.4, -0.2) is 31.7 Å². The van der Waals surface area contributed by atoms with Crippen LogP contribution in [0.3, 0.4) is 0 Å². The molecule has 1 aliphatic rings. The fourth-order valence-corrected chi connectivity index (χ4v) is 6.60. The van der Waals surface area contributed by atoms with Gasteiger partial charge in [-0.15, -0.1) is 11.3 Å². The van der Waals surface area contributed by atoms with Gasteiger partial charge in [-0.05, 0) is 49.6 Å². The van der Waals surface area contributed by atoms with Gasteiger partial charge in [0.05, 0.1) is 15.8 Å². The highest BCUT2D eigenvalue weighted by Gasteiger charge is 2.32. The van der Waals surface area contributed by atoms with Gasteiger partial charge in [0, 0.05) is 29.4 Å². The Morgan fingerprint density at radius 3 is 2.55 bits per heavy atom. The summed E-state index contributed by atoms with van der Waals surface area (Å²) < 4.78 is 26.7. The zero-order chi connectivity index (χ0) is 20.4. The minimum Gasteiger partial charge on any atom is -0.348 e. The van der Waals surface area contributed by atoms with E-state index < -0.39 is 9.84 Å². The average Bonchev–Trinajstić information content (AvgIpc) is 3.17. The van der Waals surface area contributed by atoms with Crippen LogP contribution in [0.15, 0.2) is 63.3 Å². The molecule has 3 aromatic rings. The number of benzene rings is 2. The molecule has 0 aliphatic carbocycles. The normalized spacial score (nSPS) is 15.6. The molecular weight excluding hydrogens is 468 g/mol. The van der Waals surface area contributed by atoms with Crippen LogP contribution in [0, 0.1) is 6.92 Å². The summed E-state index contributed by atoms with van der Waals surface area (Å²) in [6.45, 7) is 3.54. The highest BCUT2D eigenvalue weighted by atomic mass is 79.9. The first-order valence-electron chi connectivity index (χ1n) is 9.66. The van der Waals surface area contributed by atoms with Crippen molar-refractivity contribution in [1.29, 1.82) is 0 Å². The topological polar surface area (TPSA) is 50.3 Å². The quantitative estimate of drug-likeness (QED) is 0.490. The first-order chi connectivity index (χ1) is 13.9. The van der Waals surface area contributed by atoms with E-state index in [4.69, 9.17) is 4.98 Å². The number of hydrogen-bond donors (Lipinski definition) is 0. The summed E-state index contributed by atoms with van der Waals surface area (Å²) >= 11 is 5.01. The molecule has 4 rings (SSSR count). The summed E-state index contributed by atoms with van der Waals surface area (Å²) in [6, 6.07) is 15.4. The number of piperidine rings is 1. The second kappa shape index (κ2) is 8.58. The Balaban J connectivity index is 1.40. The predicted molar refractivity (Wildman–Crippen MR) is 123 cm³/mol. The lowest BCUT2D eigenvalue weighted by molar-refractivity contribution is 0.529. The van der Waals surface area contributed by atoms with Crippen LogP contribution < -0.4 is 4.90 Å². The number of halogens is 1.